The summed E-state index contributed by atoms with van der Waals surface area (Å²) in [6.07, 6.45) is 2.84. The fourth-order valence-electron chi connectivity index (χ4n) is 1.10. The van der Waals surface area contributed by atoms with Crippen LogP contribution in [-0.4, -0.2) is 14.9 Å². The van der Waals surface area contributed by atoms with Crippen molar-refractivity contribution in [3.8, 4) is 11.3 Å². The molecule has 0 saturated heterocycles. The number of hydrogen-bond acceptors (Lipinski definition) is 5. The number of nitrogens with one attached hydrogen (secondary N) is 1. The van der Waals surface area contributed by atoms with E-state index in [0.29, 0.717) is 5.56 Å². The van der Waals surface area contributed by atoms with Gasteiger partial charge in [-0.2, -0.15) is 0 Å². The molecule has 0 aliphatic carbocycles. The molecule has 15 heavy (non-hydrogen) atoms. The number of aromatic amines is 1. The van der Waals surface area contributed by atoms with Gasteiger partial charge in [0.1, 0.15) is 5.69 Å². The van der Waals surface area contributed by atoms with Crippen molar-refractivity contribution in [3.05, 3.63) is 44.3 Å². The van der Waals surface area contributed by atoms with Crippen LogP contribution in [0, 0.1) is 10.1 Å². The molecule has 7 heteroatoms. The quantitative estimate of drug-likeness (QED) is 0.615. The third-order valence-electron chi connectivity index (χ3n) is 1.75. The average molecular weight is 223 g/mol. The second-order valence-corrected chi connectivity index (χ2v) is 3.59. The van der Waals surface area contributed by atoms with Gasteiger partial charge in [0.05, 0.1) is 4.92 Å². The smallest absolute Gasteiger partial charge is 0.324 e. The molecule has 6 nitrogen and oxygen atoms in total. The molecular weight excluding hydrogens is 218 g/mol. The van der Waals surface area contributed by atoms with Crippen LogP contribution in [0.4, 0.5) is 5.00 Å². The van der Waals surface area contributed by atoms with Crippen LogP contribution in [0.2, 0.25) is 0 Å². The van der Waals surface area contributed by atoms with Gasteiger partial charge in [0.25, 0.3) is 5.56 Å². The molecule has 0 amide bonds. The van der Waals surface area contributed by atoms with Crippen LogP contribution >= 0.6 is 11.3 Å². The van der Waals surface area contributed by atoms with Gasteiger partial charge in [0, 0.05) is 29.4 Å². The van der Waals surface area contributed by atoms with E-state index in [4.69, 9.17) is 0 Å². The highest BCUT2D eigenvalue weighted by atomic mass is 32.1. The van der Waals surface area contributed by atoms with E-state index >= 15 is 0 Å². The summed E-state index contributed by atoms with van der Waals surface area (Å²) in [7, 11) is 0. The van der Waals surface area contributed by atoms with Crippen molar-refractivity contribution in [2.45, 2.75) is 0 Å². The molecule has 2 heterocycles. The van der Waals surface area contributed by atoms with E-state index in [0.717, 1.165) is 11.3 Å². The Hall–Kier alpha value is -2.02. The topological polar surface area (TPSA) is 88.9 Å². The third-order valence-corrected chi connectivity index (χ3v) is 2.63. The summed E-state index contributed by atoms with van der Waals surface area (Å²) >= 11 is 0.969. The van der Waals surface area contributed by atoms with Crippen LogP contribution in [0.3, 0.4) is 0 Å². The fraction of sp³-hybridized carbons (Fsp3) is 0. The Labute approximate surface area is 87.4 Å². The summed E-state index contributed by atoms with van der Waals surface area (Å²) in [5.74, 6) is 0. The maximum Gasteiger partial charge on any atom is 0.324 e. The fourth-order valence-corrected chi connectivity index (χ4v) is 1.81. The predicted molar refractivity (Wildman–Crippen MR) is 54.8 cm³/mol. The maximum atomic E-state index is 11.3. The minimum atomic E-state index is -0.495. The van der Waals surface area contributed by atoms with Crippen LogP contribution in [0.15, 0.2) is 28.6 Å². The summed E-state index contributed by atoms with van der Waals surface area (Å²) < 4.78 is 0. The van der Waals surface area contributed by atoms with Crippen molar-refractivity contribution in [2.24, 2.45) is 0 Å². The Bertz CT molecular complexity index is 560. The number of hydrogen-bond donors (Lipinski definition) is 1. The summed E-state index contributed by atoms with van der Waals surface area (Å²) in [4.78, 5) is 27.6. The van der Waals surface area contributed by atoms with Gasteiger partial charge in [-0.15, -0.1) is 0 Å². The summed E-state index contributed by atoms with van der Waals surface area (Å²) in [6.45, 7) is 0. The Morgan fingerprint density at radius 3 is 2.93 bits per heavy atom. The highest BCUT2D eigenvalue weighted by Crippen LogP contribution is 2.27. The van der Waals surface area contributed by atoms with Crippen molar-refractivity contribution in [3.63, 3.8) is 0 Å². The van der Waals surface area contributed by atoms with E-state index in [1.54, 1.807) is 0 Å². The van der Waals surface area contributed by atoms with E-state index < -0.39 is 4.92 Å². The van der Waals surface area contributed by atoms with E-state index in [9.17, 15) is 14.9 Å². The number of nitro groups is 1. The standard InChI is InChI=1S/C8H5N3O3S/c12-8-7(9-1-2-10-8)5-3-6(11(13)14)15-4-5/h1-4H,(H,10,12). The molecular formula is C8H5N3O3S. The van der Waals surface area contributed by atoms with Gasteiger partial charge >= 0.3 is 5.00 Å². The molecule has 0 spiro atoms. The summed E-state index contributed by atoms with van der Waals surface area (Å²) in [5, 5.41) is 12.0. The lowest BCUT2D eigenvalue weighted by Crippen LogP contribution is -2.08. The molecule has 0 fully saturated rings. The average Bonchev–Trinajstić information content (AvgIpc) is 2.67. The van der Waals surface area contributed by atoms with E-state index in [1.165, 1.54) is 23.8 Å². The molecule has 0 radical (unpaired) electrons. The molecule has 76 valence electrons. The summed E-state index contributed by atoms with van der Waals surface area (Å²) in [5.41, 5.74) is 0.306. The van der Waals surface area contributed by atoms with Crippen LogP contribution in [0.25, 0.3) is 11.3 Å². The lowest BCUT2D eigenvalue weighted by molar-refractivity contribution is -0.380. The van der Waals surface area contributed by atoms with Crippen LogP contribution < -0.4 is 5.56 Å². The van der Waals surface area contributed by atoms with Gasteiger partial charge in [-0.05, 0) is 0 Å². The third kappa shape index (κ3) is 1.77. The molecule has 2 aromatic rings. The Morgan fingerprint density at radius 2 is 2.33 bits per heavy atom. The van der Waals surface area contributed by atoms with Crippen molar-refractivity contribution >= 4 is 16.3 Å². The van der Waals surface area contributed by atoms with Crippen molar-refractivity contribution < 1.29 is 4.92 Å². The molecule has 2 rings (SSSR count). The maximum absolute atomic E-state index is 11.3. The van der Waals surface area contributed by atoms with Gasteiger partial charge in [0.2, 0.25) is 0 Å². The molecule has 0 saturated carbocycles. The SMILES string of the molecule is O=c1[nH]ccnc1-c1csc([N+](=O)[O-])c1. The van der Waals surface area contributed by atoms with E-state index in [-0.39, 0.29) is 16.3 Å². The van der Waals surface area contributed by atoms with E-state index in [2.05, 4.69) is 9.97 Å². The van der Waals surface area contributed by atoms with Crippen LogP contribution in [0.5, 0.6) is 0 Å². The van der Waals surface area contributed by atoms with Gasteiger partial charge in [-0.1, -0.05) is 11.3 Å². The van der Waals surface area contributed by atoms with Crippen molar-refractivity contribution in [1.82, 2.24) is 9.97 Å². The first-order chi connectivity index (χ1) is 7.18. The molecule has 0 aromatic carbocycles. The Balaban J connectivity index is 2.51. The van der Waals surface area contributed by atoms with Gasteiger partial charge < -0.3 is 4.98 Å². The molecule has 0 aliphatic heterocycles. The second-order valence-electron chi connectivity index (χ2n) is 2.70. The first-order valence-corrected chi connectivity index (χ1v) is 4.83. The van der Waals surface area contributed by atoms with Crippen molar-refractivity contribution in [1.29, 1.82) is 0 Å². The molecule has 1 N–H and O–H groups in total. The predicted octanol–water partition coefficient (Wildman–Crippen LogP) is 1.41. The lowest BCUT2D eigenvalue weighted by atomic mass is 10.2. The molecule has 0 atom stereocenters. The van der Waals surface area contributed by atoms with Gasteiger partial charge in [0.15, 0.2) is 0 Å². The first kappa shape index (κ1) is 9.53. The zero-order valence-corrected chi connectivity index (χ0v) is 8.15. The van der Waals surface area contributed by atoms with Crippen LogP contribution in [0.1, 0.15) is 0 Å². The highest BCUT2D eigenvalue weighted by molar-refractivity contribution is 7.13. The number of aromatic nitrogens is 2. The number of rotatable bonds is 2. The molecule has 0 bridgehead atoms. The zero-order valence-electron chi connectivity index (χ0n) is 7.34. The van der Waals surface area contributed by atoms with E-state index in [1.807, 2.05) is 0 Å². The van der Waals surface area contributed by atoms with Crippen molar-refractivity contribution in [2.75, 3.05) is 0 Å². The normalized spacial score (nSPS) is 10.1. The number of thiophene rings is 1. The second kappa shape index (κ2) is 3.62. The minimum absolute atomic E-state index is 0.00458. The Morgan fingerprint density at radius 1 is 1.53 bits per heavy atom. The highest BCUT2D eigenvalue weighted by Gasteiger charge is 2.13. The monoisotopic (exact) mass is 223 g/mol. The molecule has 0 unspecified atom stereocenters. The lowest BCUT2D eigenvalue weighted by Gasteiger charge is -1.91. The molecule has 0 aliphatic rings. The van der Waals surface area contributed by atoms with Gasteiger partial charge in [-0.25, -0.2) is 4.98 Å². The number of H-pyrrole nitrogens is 1. The largest absolute Gasteiger partial charge is 0.326 e. The number of nitrogens with zero attached hydrogens (tertiary/aromatic N) is 2. The van der Waals surface area contributed by atoms with Crippen LogP contribution in [-0.2, 0) is 0 Å². The zero-order chi connectivity index (χ0) is 10.8. The summed E-state index contributed by atoms with van der Waals surface area (Å²) in [6, 6.07) is 1.34. The first-order valence-electron chi connectivity index (χ1n) is 3.95. The van der Waals surface area contributed by atoms with Gasteiger partial charge in [-0.3, -0.25) is 14.9 Å². The minimum Gasteiger partial charge on any atom is -0.326 e. The Kier molecular flexibility index (Phi) is 2.30. The molecule has 2 aromatic heterocycles.